The quantitative estimate of drug-likeness (QED) is 0.417. The summed E-state index contributed by atoms with van der Waals surface area (Å²) in [6, 6.07) is 8.01. The first-order chi connectivity index (χ1) is 21.0. The van der Waals surface area contributed by atoms with E-state index in [4.69, 9.17) is 9.72 Å². The maximum atomic E-state index is 14.0. The molecule has 3 heterocycles. The van der Waals surface area contributed by atoms with Crippen LogP contribution in [-0.4, -0.2) is 58.4 Å². The van der Waals surface area contributed by atoms with Gasteiger partial charge in [0.05, 0.1) is 22.7 Å². The van der Waals surface area contributed by atoms with E-state index < -0.39 is 35.5 Å². The summed E-state index contributed by atoms with van der Waals surface area (Å²) in [6.45, 7) is 9.73. The van der Waals surface area contributed by atoms with E-state index in [0.29, 0.717) is 38.1 Å². The summed E-state index contributed by atoms with van der Waals surface area (Å²) in [7, 11) is 0. The number of carbonyl (C=O) groups excluding carboxylic acids is 4. The number of amides is 3. The number of rotatable bonds is 1. The van der Waals surface area contributed by atoms with Gasteiger partial charge < -0.3 is 15.4 Å². The molecular formula is C34H45N5O5. The second-order valence-electron chi connectivity index (χ2n) is 13.2. The zero-order valence-corrected chi connectivity index (χ0v) is 26.4. The molecule has 3 amide bonds. The van der Waals surface area contributed by atoms with Gasteiger partial charge in [0, 0.05) is 11.9 Å². The molecule has 1 spiro atoms. The van der Waals surface area contributed by atoms with Gasteiger partial charge in [-0.1, -0.05) is 51.1 Å². The molecule has 10 nitrogen and oxygen atoms in total. The lowest BCUT2D eigenvalue weighted by molar-refractivity contribution is -0.168. The van der Waals surface area contributed by atoms with Crippen molar-refractivity contribution in [3.8, 4) is 0 Å². The number of nitrogens with zero attached hydrogens (tertiary/aromatic N) is 2. The second kappa shape index (κ2) is 13.1. The molecule has 1 saturated carbocycles. The van der Waals surface area contributed by atoms with E-state index in [9.17, 15) is 19.2 Å². The van der Waals surface area contributed by atoms with Gasteiger partial charge in [-0.25, -0.2) is 5.43 Å². The van der Waals surface area contributed by atoms with Gasteiger partial charge in [-0.15, -0.1) is 0 Å². The van der Waals surface area contributed by atoms with Crippen LogP contribution in [0.25, 0.3) is 17.0 Å². The van der Waals surface area contributed by atoms with Crippen molar-refractivity contribution in [2.24, 2.45) is 17.3 Å². The SMILES string of the molecule is CC(C)[C@H]1OC(=O)[C@]2(/C=C/c3ccc4ccc(nc4c3)[C@@H](C)NC(=O)[C@@H]3CCCN(N3)C(=O)[C@H](C)NC1=O)CC[C@@H](C)CC2. The molecular weight excluding hydrogens is 558 g/mol. The molecule has 10 heteroatoms. The minimum Gasteiger partial charge on any atom is -0.451 e. The average Bonchev–Trinajstić information content (AvgIpc) is 3.01. The monoisotopic (exact) mass is 603 g/mol. The zero-order valence-electron chi connectivity index (χ0n) is 26.4. The number of pyridine rings is 1. The number of benzene rings is 1. The van der Waals surface area contributed by atoms with Gasteiger partial charge in [0.15, 0.2) is 6.10 Å². The van der Waals surface area contributed by atoms with Gasteiger partial charge in [0.2, 0.25) is 5.91 Å². The van der Waals surface area contributed by atoms with Gasteiger partial charge in [0.25, 0.3) is 11.8 Å². The summed E-state index contributed by atoms with van der Waals surface area (Å²) in [5.74, 6) is -1.34. The third-order valence-electron chi connectivity index (χ3n) is 9.30. The second-order valence-corrected chi connectivity index (χ2v) is 13.2. The Morgan fingerprint density at radius 3 is 2.36 bits per heavy atom. The highest BCUT2D eigenvalue weighted by molar-refractivity contribution is 5.92. The zero-order chi connectivity index (χ0) is 31.6. The van der Waals surface area contributed by atoms with Gasteiger partial charge in [-0.2, -0.15) is 0 Å². The molecule has 1 saturated heterocycles. The first-order valence-corrected chi connectivity index (χ1v) is 15.9. The number of aromatic nitrogens is 1. The summed E-state index contributed by atoms with van der Waals surface area (Å²) in [5, 5.41) is 8.18. The average molecular weight is 604 g/mol. The molecule has 2 fully saturated rings. The molecule has 0 radical (unpaired) electrons. The summed E-state index contributed by atoms with van der Waals surface area (Å²) >= 11 is 0. The molecule has 0 unspecified atom stereocenters. The Bertz CT molecular complexity index is 1450. The summed E-state index contributed by atoms with van der Waals surface area (Å²) in [4.78, 5) is 58.9. The third-order valence-corrected chi connectivity index (χ3v) is 9.30. The predicted octanol–water partition coefficient (Wildman–Crippen LogP) is 4.20. The van der Waals surface area contributed by atoms with Crippen LogP contribution in [-0.2, 0) is 23.9 Å². The van der Waals surface area contributed by atoms with Crippen molar-refractivity contribution < 1.29 is 23.9 Å². The van der Waals surface area contributed by atoms with Gasteiger partial charge in [0.1, 0.15) is 12.1 Å². The van der Waals surface area contributed by atoms with Crippen molar-refractivity contribution in [2.75, 3.05) is 6.54 Å². The first kappa shape index (κ1) is 31.6. The van der Waals surface area contributed by atoms with Crippen LogP contribution < -0.4 is 16.1 Å². The van der Waals surface area contributed by atoms with E-state index in [1.807, 2.05) is 63.3 Å². The molecule has 3 N–H and O–H groups in total. The summed E-state index contributed by atoms with van der Waals surface area (Å²) in [6.07, 6.45) is 7.02. The molecule has 2 aliphatic heterocycles. The van der Waals surface area contributed by atoms with Crippen molar-refractivity contribution in [1.29, 1.82) is 0 Å². The highest BCUT2D eigenvalue weighted by Gasteiger charge is 2.43. The Labute approximate surface area is 259 Å². The van der Waals surface area contributed by atoms with Crippen molar-refractivity contribution in [3.05, 3.63) is 47.7 Å². The fourth-order valence-corrected chi connectivity index (χ4v) is 6.30. The van der Waals surface area contributed by atoms with Gasteiger partial charge in [-0.3, -0.25) is 29.2 Å². The van der Waals surface area contributed by atoms with Crippen molar-refractivity contribution in [2.45, 2.75) is 97.4 Å². The van der Waals surface area contributed by atoms with Gasteiger partial charge >= 0.3 is 5.97 Å². The van der Waals surface area contributed by atoms with E-state index in [1.54, 1.807) is 6.92 Å². The van der Waals surface area contributed by atoms with Crippen LogP contribution >= 0.6 is 0 Å². The van der Waals surface area contributed by atoms with Crippen LogP contribution in [0.5, 0.6) is 0 Å². The molecule has 4 atom stereocenters. The topological polar surface area (TPSA) is 130 Å². The molecule has 1 aromatic carbocycles. The Morgan fingerprint density at radius 1 is 0.932 bits per heavy atom. The number of fused-ring (bicyclic) bond motifs is 4. The number of hydrogen-bond acceptors (Lipinski definition) is 7. The highest BCUT2D eigenvalue weighted by Crippen LogP contribution is 2.42. The number of nitrogens with one attached hydrogen (secondary N) is 3. The summed E-state index contributed by atoms with van der Waals surface area (Å²) < 4.78 is 6.01. The Hall–Kier alpha value is -3.79. The van der Waals surface area contributed by atoms with Crippen LogP contribution in [0.2, 0.25) is 0 Å². The molecule has 5 rings (SSSR count). The number of cyclic esters (lactones) is 1. The standard InChI is InChI=1S/C34H45N5O5/c1-20(2)29-31(41)36-23(5)32(42)39-18-6-7-27(38-39)30(40)35-22(4)26-11-10-25-9-8-24(19-28(25)37-26)14-17-34(33(43)44-29)15-12-21(3)13-16-34/h8-11,14,17,19-23,27,29,38H,6-7,12-13,15-16,18H2,1-5H3,(H,35,40)(H,36,41)/b17-14+/t21-,22-,23+,27+,29-,34-/m1/s1. The van der Waals surface area contributed by atoms with E-state index >= 15 is 0 Å². The minimum atomic E-state index is -1.06. The van der Waals surface area contributed by atoms with Crippen LogP contribution in [0.1, 0.15) is 90.4 Å². The molecule has 5 bridgehead atoms. The molecule has 44 heavy (non-hydrogen) atoms. The Morgan fingerprint density at radius 2 is 1.64 bits per heavy atom. The van der Waals surface area contributed by atoms with Crippen LogP contribution in [0, 0.1) is 17.3 Å². The number of ether oxygens (including phenoxy) is 1. The highest BCUT2D eigenvalue weighted by atomic mass is 16.5. The lowest BCUT2D eigenvalue weighted by atomic mass is 9.70. The normalized spacial score (nSPS) is 31.5. The largest absolute Gasteiger partial charge is 0.451 e. The van der Waals surface area contributed by atoms with E-state index in [0.717, 1.165) is 35.0 Å². The van der Waals surface area contributed by atoms with E-state index in [-0.39, 0.29) is 23.8 Å². The number of hydrogen-bond donors (Lipinski definition) is 3. The number of carbonyl (C=O) groups is 4. The van der Waals surface area contributed by atoms with Crippen LogP contribution in [0.3, 0.4) is 0 Å². The van der Waals surface area contributed by atoms with Crippen molar-refractivity contribution in [1.82, 2.24) is 26.1 Å². The van der Waals surface area contributed by atoms with Crippen molar-refractivity contribution >= 4 is 40.7 Å². The van der Waals surface area contributed by atoms with Crippen molar-refractivity contribution in [3.63, 3.8) is 0 Å². The van der Waals surface area contributed by atoms with E-state index in [1.165, 1.54) is 5.01 Å². The van der Waals surface area contributed by atoms with Gasteiger partial charge in [-0.05, 0) is 81.9 Å². The third kappa shape index (κ3) is 6.80. The minimum absolute atomic E-state index is 0.227. The lowest BCUT2D eigenvalue weighted by Crippen LogP contribution is -2.61. The molecule has 3 aliphatic rings. The molecule has 1 aromatic heterocycles. The molecule has 1 aliphatic carbocycles. The number of hydrazine groups is 1. The summed E-state index contributed by atoms with van der Waals surface area (Å²) in [5.41, 5.74) is 4.58. The first-order valence-electron chi connectivity index (χ1n) is 15.9. The maximum Gasteiger partial charge on any atom is 0.316 e. The predicted molar refractivity (Wildman–Crippen MR) is 168 cm³/mol. The van der Waals surface area contributed by atoms with Crippen LogP contribution in [0.4, 0.5) is 0 Å². The lowest BCUT2D eigenvalue weighted by Gasteiger charge is -2.37. The van der Waals surface area contributed by atoms with Crippen LogP contribution in [0.15, 0.2) is 36.4 Å². The maximum absolute atomic E-state index is 14.0. The smallest absolute Gasteiger partial charge is 0.316 e. The number of esters is 1. The Balaban J connectivity index is 1.53. The fourth-order valence-electron chi connectivity index (χ4n) is 6.30. The molecule has 236 valence electrons. The van der Waals surface area contributed by atoms with E-state index in [2.05, 4.69) is 23.0 Å². The Kier molecular flexibility index (Phi) is 9.39. The molecule has 2 aromatic rings. The fraction of sp³-hybridized carbons (Fsp3) is 0.559.